The number of carboxylic acids is 1. The number of nitrogens with zero attached hydrogens (tertiary/aromatic N) is 2. The third-order valence-electron chi connectivity index (χ3n) is 4.65. The highest BCUT2D eigenvalue weighted by Gasteiger charge is 2.23. The molecule has 0 spiro atoms. The van der Waals surface area contributed by atoms with Gasteiger partial charge in [-0.15, -0.1) is 11.3 Å². The molecule has 0 atom stereocenters. The van der Waals surface area contributed by atoms with Gasteiger partial charge in [-0.1, -0.05) is 23.8 Å². The fourth-order valence-electron chi connectivity index (χ4n) is 3.50. The minimum Gasteiger partial charge on any atom is -0.481 e. The average Bonchev–Trinajstić information content (AvgIpc) is 3.14. The summed E-state index contributed by atoms with van der Waals surface area (Å²) in [5.41, 5.74) is 2.93. The van der Waals surface area contributed by atoms with Crippen molar-refractivity contribution in [2.75, 3.05) is 0 Å². The highest BCUT2D eigenvalue weighted by atomic mass is 32.1. The average molecular weight is 354 g/mol. The first-order chi connectivity index (χ1) is 12.0. The van der Waals surface area contributed by atoms with Gasteiger partial charge in [0.25, 0.3) is 5.56 Å². The van der Waals surface area contributed by atoms with Crippen LogP contribution in [0.25, 0.3) is 21.6 Å². The molecule has 0 fully saturated rings. The molecule has 0 aliphatic heterocycles. The number of carboxylic acid groups (broad SMARTS) is 1. The third-order valence-corrected chi connectivity index (χ3v) is 5.84. The fraction of sp³-hybridized carbons (Fsp3) is 0.316. The predicted molar refractivity (Wildman–Crippen MR) is 98.3 cm³/mol. The van der Waals surface area contributed by atoms with Crippen LogP contribution in [-0.2, 0) is 24.2 Å². The first-order valence-corrected chi connectivity index (χ1v) is 9.20. The van der Waals surface area contributed by atoms with Crippen LogP contribution in [0, 0.1) is 6.92 Å². The van der Waals surface area contributed by atoms with Gasteiger partial charge >= 0.3 is 5.97 Å². The Labute approximate surface area is 148 Å². The molecule has 0 amide bonds. The first-order valence-electron chi connectivity index (χ1n) is 8.38. The maximum Gasteiger partial charge on any atom is 0.305 e. The van der Waals surface area contributed by atoms with E-state index >= 15 is 0 Å². The van der Waals surface area contributed by atoms with E-state index in [1.807, 2.05) is 31.2 Å². The van der Waals surface area contributed by atoms with Gasteiger partial charge in [0.1, 0.15) is 10.7 Å². The summed E-state index contributed by atoms with van der Waals surface area (Å²) >= 11 is 1.61. The lowest BCUT2D eigenvalue weighted by molar-refractivity contribution is -0.137. The van der Waals surface area contributed by atoms with Crippen molar-refractivity contribution in [3.63, 3.8) is 0 Å². The summed E-state index contributed by atoms with van der Waals surface area (Å²) in [6, 6.07) is 7.81. The van der Waals surface area contributed by atoms with Crippen LogP contribution in [0.1, 0.15) is 28.8 Å². The molecular formula is C19H18N2O3S. The molecule has 0 radical (unpaired) electrons. The van der Waals surface area contributed by atoms with Crippen LogP contribution in [0.15, 0.2) is 29.1 Å². The zero-order valence-corrected chi connectivity index (χ0v) is 14.7. The molecule has 0 unspecified atom stereocenters. The molecule has 1 aromatic carbocycles. The van der Waals surface area contributed by atoms with Crippen molar-refractivity contribution in [1.29, 1.82) is 0 Å². The Hall–Kier alpha value is -2.47. The largest absolute Gasteiger partial charge is 0.481 e. The molecule has 25 heavy (non-hydrogen) atoms. The summed E-state index contributed by atoms with van der Waals surface area (Å²) in [5, 5.41) is 9.76. The quantitative estimate of drug-likeness (QED) is 0.779. The Kier molecular flexibility index (Phi) is 3.92. The van der Waals surface area contributed by atoms with E-state index in [9.17, 15) is 9.59 Å². The Morgan fingerprint density at radius 2 is 2.20 bits per heavy atom. The van der Waals surface area contributed by atoms with Gasteiger partial charge in [-0.25, -0.2) is 4.98 Å². The minimum atomic E-state index is -0.919. The zero-order chi connectivity index (χ0) is 17.6. The second-order valence-electron chi connectivity index (χ2n) is 6.44. The van der Waals surface area contributed by atoms with Crippen LogP contribution in [0.4, 0.5) is 0 Å². The van der Waals surface area contributed by atoms with Crippen LogP contribution >= 0.6 is 11.3 Å². The Morgan fingerprint density at radius 1 is 1.36 bits per heavy atom. The summed E-state index contributed by atoms with van der Waals surface area (Å²) in [7, 11) is 0. The van der Waals surface area contributed by atoms with E-state index in [0.29, 0.717) is 11.2 Å². The SMILES string of the molecule is Cc1cccc(-c2nc3sc4c(c3c(=O)n2CCC(=O)O)CCC4)c1. The molecule has 0 saturated carbocycles. The van der Waals surface area contributed by atoms with E-state index in [1.54, 1.807) is 11.3 Å². The molecule has 2 heterocycles. The molecule has 3 aromatic rings. The molecule has 1 N–H and O–H groups in total. The highest BCUT2D eigenvalue weighted by Crippen LogP contribution is 2.35. The van der Waals surface area contributed by atoms with E-state index in [0.717, 1.165) is 40.8 Å². The fourth-order valence-corrected chi connectivity index (χ4v) is 4.75. The van der Waals surface area contributed by atoms with Gasteiger partial charge in [-0.3, -0.25) is 14.2 Å². The summed E-state index contributed by atoms with van der Waals surface area (Å²) in [6.45, 7) is 2.12. The Morgan fingerprint density at radius 3 is 2.96 bits per heavy atom. The van der Waals surface area contributed by atoms with E-state index in [-0.39, 0.29) is 18.5 Å². The van der Waals surface area contributed by atoms with E-state index < -0.39 is 5.97 Å². The summed E-state index contributed by atoms with van der Waals surface area (Å²) < 4.78 is 1.54. The minimum absolute atomic E-state index is 0.0990. The van der Waals surface area contributed by atoms with Gasteiger partial charge in [0.15, 0.2) is 0 Å². The number of benzene rings is 1. The van der Waals surface area contributed by atoms with Crippen molar-refractivity contribution in [3.8, 4) is 11.4 Å². The number of aliphatic carboxylic acids is 1. The molecule has 6 heteroatoms. The number of thiophene rings is 1. The summed E-state index contributed by atoms with van der Waals surface area (Å²) in [5.74, 6) is -0.361. The number of aromatic nitrogens is 2. The third kappa shape index (κ3) is 2.76. The molecule has 0 bridgehead atoms. The molecule has 1 aliphatic rings. The number of rotatable bonds is 4. The van der Waals surface area contributed by atoms with Crippen LogP contribution < -0.4 is 5.56 Å². The van der Waals surface area contributed by atoms with Crippen LogP contribution in [0.2, 0.25) is 0 Å². The lowest BCUT2D eigenvalue weighted by Gasteiger charge is -2.12. The van der Waals surface area contributed by atoms with Crippen molar-refractivity contribution in [2.24, 2.45) is 0 Å². The molecule has 1 aliphatic carbocycles. The van der Waals surface area contributed by atoms with Crippen LogP contribution in [0.5, 0.6) is 0 Å². The maximum atomic E-state index is 13.2. The van der Waals surface area contributed by atoms with Crippen LogP contribution in [0.3, 0.4) is 0 Å². The van der Waals surface area contributed by atoms with Gasteiger partial charge in [0.2, 0.25) is 0 Å². The van der Waals surface area contributed by atoms with Crippen LogP contribution in [-0.4, -0.2) is 20.6 Å². The Balaban J connectivity index is 1.98. The number of aryl methyl sites for hydroxylation is 3. The zero-order valence-electron chi connectivity index (χ0n) is 13.9. The standard InChI is InChI=1S/C19H18N2O3S/c1-11-4-2-5-12(10-11)17-20-18-16(13-6-3-7-14(13)25-18)19(24)21(17)9-8-15(22)23/h2,4-5,10H,3,6-9H2,1H3,(H,22,23). The topological polar surface area (TPSA) is 72.2 Å². The first kappa shape index (κ1) is 16.0. The molecular weight excluding hydrogens is 336 g/mol. The second-order valence-corrected chi connectivity index (χ2v) is 7.53. The molecule has 5 nitrogen and oxygen atoms in total. The van der Waals surface area contributed by atoms with Gasteiger partial charge in [0.05, 0.1) is 11.8 Å². The predicted octanol–water partition coefficient (Wildman–Crippen LogP) is 3.40. The molecule has 128 valence electrons. The van der Waals surface area contributed by atoms with Gasteiger partial charge < -0.3 is 5.11 Å². The maximum absolute atomic E-state index is 13.2. The van der Waals surface area contributed by atoms with E-state index in [1.165, 1.54) is 9.44 Å². The van der Waals surface area contributed by atoms with E-state index in [2.05, 4.69) is 0 Å². The molecule has 4 rings (SSSR count). The summed E-state index contributed by atoms with van der Waals surface area (Å²) in [4.78, 5) is 31.0. The van der Waals surface area contributed by atoms with Crippen molar-refractivity contribution in [2.45, 2.75) is 39.2 Å². The van der Waals surface area contributed by atoms with Gasteiger partial charge in [0, 0.05) is 17.0 Å². The number of hydrogen-bond acceptors (Lipinski definition) is 4. The van der Waals surface area contributed by atoms with Gasteiger partial charge in [-0.2, -0.15) is 0 Å². The van der Waals surface area contributed by atoms with Crippen molar-refractivity contribution >= 4 is 27.5 Å². The molecule has 2 aromatic heterocycles. The highest BCUT2D eigenvalue weighted by molar-refractivity contribution is 7.18. The molecule has 0 saturated heterocycles. The lowest BCUT2D eigenvalue weighted by Crippen LogP contribution is -2.24. The van der Waals surface area contributed by atoms with Crippen molar-refractivity contribution < 1.29 is 9.90 Å². The normalized spacial score (nSPS) is 13.3. The monoisotopic (exact) mass is 354 g/mol. The number of carbonyl (C=O) groups is 1. The summed E-state index contributed by atoms with van der Waals surface area (Å²) in [6.07, 6.45) is 2.89. The second kappa shape index (κ2) is 6.11. The van der Waals surface area contributed by atoms with Gasteiger partial charge in [-0.05, 0) is 37.8 Å². The van der Waals surface area contributed by atoms with Crippen molar-refractivity contribution in [3.05, 3.63) is 50.6 Å². The number of hydrogen-bond donors (Lipinski definition) is 1. The number of fused-ring (bicyclic) bond motifs is 3. The smallest absolute Gasteiger partial charge is 0.305 e. The lowest BCUT2D eigenvalue weighted by atomic mass is 10.1. The van der Waals surface area contributed by atoms with Crippen molar-refractivity contribution in [1.82, 2.24) is 9.55 Å². The van der Waals surface area contributed by atoms with E-state index in [4.69, 9.17) is 10.1 Å². The Bertz CT molecular complexity index is 1050.